The number of hydrogen-bond donors (Lipinski definition) is 0. The van der Waals surface area contributed by atoms with E-state index < -0.39 is 0 Å². The van der Waals surface area contributed by atoms with Gasteiger partial charge in [-0.3, -0.25) is 4.79 Å². The van der Waals surface area contributed by atoms with Crippen LogP contribution in [0.3, 0.4) is 0 Å². The molecule has 0 atom stereocenters. The number of carbonyl (C=O) groups is 1. The van der Waals surface area contributed by atoms with Crippen LogP contribution in [0.1, 0.15) is 15.9 Å². The molecule has 0 saturated carbocycles. The van der Waals surface area contributed by atoms with Crippen molar-refractivity contribution in [2.75, 3.05) is 0 Å². The first-order valence-corrected chi connectivity index (χ1v) is 6.88. The number of Topliss-reactive ketones (excluding diaryl/α,β-unsaturated/α-hetero) is 1. The number of carbonyl (C=O) groups excluding carboxylic acids is 1. The van der Waals surface area contributed by atoms with Crippen LogP contribution >= 0.6 is 31.9 Å². The second kappa shape index (κ2) is 5.76. The van der Waals surface area contributed by atoms with Crippen molar-refractivity contribution in [1.82, 2.24) is 0 Å². The van der Waals surface area contributed by atoms with E-state index in [2.05, 4.69) is 31.9 Å². The fourth-order valence-corrected chi connectivity index (χ4v) is 2.62. The van der Waals surface area contributed by atoms with Crippen LogP contribution < -0.4 is 0 Å². The van der Waals surface area contributed by atoms with Gasteiger partial charge in [0.2, 0.25) is 0 Å². The van der Waals surface area contributed by atoms with E-state index in [1.54, 1.807) is 0 Å². The summed E-state index contributed by atoms with van der Waals surface area (Å²) < 4.78 is 14.3. The lowest BCUT2D eigenvalue weighted by atomic mass is 10.0. The van der Waals surface area contributed by atoms with Crippen LogP contribution in [0.25, 0.3) is 0 Å². The molecule has 0 fully saturated rings. The highest BCUT2D eigenvalue weighted by Gasteiger charge is 2.12. The van der Waals surface area contributed by atoms with Gasteiger partial charge >= 0.3 is 0 Å². The van der Waals surface area contributed by atoms with E-state index in [1.807, 2.05) is 24.3 Å². The first kappa shape index (κ1) is 13.4. The summed E-state index contributed by atoms with van der Waals surface area (Å²) in [5, 5.41) is 0. The summed E-state index contributed by atoms with van der Waals surface area (Å²) in [4.78, 5) is 12.1. The Balaban J connectivity index is 2.25. The average molecular weight is 372 g/mol. The Labute approximate surface area is 121 Å². The van der Waals surface area contributed by atoms with Crippen molar-refractivity contribution in [3.05, 3.63) is 68.4 Å². The van der Waals surface area contributed by atoms with E-state index >= 15 is 0 Å². The van der Waals surface area contributed by atoms with Gasteiger partial charge in [0.25, 0.3) is 0 Å². The summed E-state index contributed by atoms with van der Waals surface area (Å²) in [5.41, 5.74) is 1.41. The smallest absolute Gasteiger partial charge is 0.168 e. The van der Waals surface area contributed by atoms with Crippen molar-refractivity contribution in [3.8, 4) is 0 Å². The maximum atomic E-state index is 13.0. The molecule has 2 rings (SSSR count). The van der Waals surface area contributed by atoms with E-state index in [0.29, 0.717) is 10.0 Å². The number of rotatable bonds is 3. The molecule has 18 heavy (non-hydrogen) atoms. The third-order valence-corrected chi connectivity index (χ3v) is 3.97. The summed E-state index contributed by atoms with van der Waals surface area (Å²) in [7, 11) is 0. The molecule has 2 aromatic rings. The van der Waals surface area contributed by atoms with Crippen LogP contribution in [0.15, 0.2) is 51.4 Å². The Morgan fingerprint density at radius 3 is 2.44 bits per heavy atom. The molecule has 2 aromatic carbocycles. The normalized spacial score (nSPS) is 10.4. The summed E-state index contributed by atoms with van der Waals surface area (Å²) >= 11 is 6.61. The van der Waals surface area contributed by atoms with E-state index in [4.69, 9.17) is 0 Å². The second-order valence-electron chi connectivity index (χ2n) is 3.82. The van der Waals surface area contributed by atoms with E-state index in [-0.39, 0.29) is 18.0 Å². The van der Waals surface area contributed by atoms with Crippen LogP contribution in [-0.4, -0.2) is 5.78 Å². The van der Waals surface area contributed by atoms with Crippen molar-refractivity contribution < 1.29 is 9.18 Å². The third kappa shape index (κ3) is 3.06. The van der Waals surface area contributed by atoms with Crippen LogP contribution in [0.4, 0.5) is 4.39 Å². The lowest BCUT2D eigenvalue weighted by Gasteiger charge is -2.05. The molecule has 4 heteroatoms. The van der Waals surface area contributed by atoms with Crippen molar-refractivity contribution in [3.63, 3.8) is 0 Å². The summed E-state index contributed by atoms with van der Waals surface area (Å²) in [6, 6.07) is 11.6. The Kier molecular flexibility index (Phi) is 4.30. The van der Waals surface area contributed by atoms with Gasteiger partial charge in [-0.25, -0.2) is 4.39 Å². The van der Waals surface area contributed by atoms with Crippen molar-refractivity contribution in [2.24, 2.45) is 0 Å². The number of halogens is 3. The minimum atomic E-state index is -0.362. The molecule has 0 aromatic heterocycles. The van der Waals surface area contributed by atoms with Gasteiger partial charge in [-0.05, 0) is 45.8 Å². The van der Waals surface area contributed by atoms with E-state index in [1.165, 1.54) is 18.2 Å². The Morgan fingerprint density at radius 2 is 1.78 bits per heavy atom. The number of benzene rings is 2. The van der Waals surface area contributed by atoms with Gasteiger partial charge in [0, 0.05) is 20.9 Å². The molecule has 0 radical (unpaired) electrons. The lowest BCUT2D eigenvalue weighted by Crippen LogP contribution is -2.05. The van der Waals surface area contributed by atoms with Crippen molar-refractivity contribution in [2.45, 2.75) is 6.42 Å². The molecular formula is C14H9Br2FO. The predicted octanol–water partition coefficient (Wildman–Crippen LogP) is 4.78. The molecule has 0 spiro atoms. The molecule has 0 heterocycles. The molecular weight excluding hydrogens is 363 g/mol. The van der Waals surface area contributed by atoms with Gasteiger partial charge in [-0.1, -0.05) is 34.1 Å². The summed E-state index contributed by atoms with van der Waals surface area (Å²) in [6.45, 7) is 0. The lowest BCUT2D eigenvalue weighted by molar-refractivity contribution is 0.0992. The monoisotopic (exact) mass is 370 g/mol. The van der Waals surface area contributed by atoms with E-state index in [9.17, 15) is 9.18 Å². The van der Waals surface area contributed by atoms with Gasteiger partial charge in [0.1, 0.15) is 5.82 Å². The Bertz CT molecular complexity index is 596. The average Bonchev–Trinajstić information content (AvgIpc) is 2.32. The van der Waals surface area contributed by atoms with Crippen molar-refractivity contribution >= 4 is 37.6 Å². The molecule has 0 aliphatic heterocycles. The van der Waals surface area contributed by atoms with Gasteiger partial charge in [-0.2, -0.15) is 0 Å². The molecule has 1 nitrogen and oxygen atoms in total. The summed E-state index contributed by atoms with van der Waals surface area (Å²) in [5.74, 6) is -0.409. The Morgan fingerprint density at radius 1 is 1.06 bits per heavy atom. The first-order chi connectivity index (χ1) is 8.58. The van der Waals surface area contributed by atoms with Gasteiger partial charge in [-0.15, -0.1) is 0 Å². The minimum absolute atomic E-state index is 0.0474. The maximum Gasteiger partial charge on any atom is 0.168 e. The molecule has 0 N–H and O–H groups in total. The first-order valence-electron chi connectivity index (χ1n) is 5.29. The molecule has 0 unspecified atom stereocenters. The zero-order valence-corrected chi connectivity index (χ0v) is 12.5. The number of hydrogen-bond acceptors (Lipinski definition) is 1. The van der Waals surface area contributed by atoms with E-state index in [0.717, 1.165) is 10.0 Å². The maximum absolute atomic E-state index is 13.0. The summed E-state index contributed by atoms with van der Waals surface area (Å²) in [6.07, 6.45) is 0.283. The molecule has 92 valence electrons. The second-order valence-corrected chi connectivity index (χ2v) is 5.52. The Hall–Kier alpha value is -1.00. The molecule has 0 aliphatic rings. The largest absolute Gasteiger partial charge is 0.294 e. The van der Waals surface area contributed by atoms with Crippen LogP contribution in [0.5, 0.6) is 0 Å². The predicted molar refractivity (Wildman–Crippen MR) is 76.3 cm³/mol. The van der Waals surface area contributed by atoms with Crippen molar-refractivity contribution in [1.29, 1.82) is 0 Å². The zero-order chi connectivity index (χ0) is 13.1. The van der Waals surface area contributed by atoms with Gasteiger partial charge < -0.3 is 0 Å². The minimum Gasteiger partial charge on any atom is -0.294 e. The fourth-order valence-electron chi connectivity index (χ4n) is 1.63. The van der Waals surface area contributed by atoms with Crippen LogP contribution in [0, 0.1) is 5.82 Å². The van der Waals surface area contributed by atoms with Crippen LogP contribution in [0.2, 0.25) is 0 Å². The molecule has 0 amide bonds. The topological polar surface area (TPSA) is 17.1 Å². The highest BCUT2D eigenvalue weighted by molar-refractivity contribution is 9.10. The molecule has 0 saturated heterocycles. The SMILES string of the molecule is O=C(Cc1ccccc1Br)c1ccc(F)cc1Br. The zero-order valence-electron chi connectivity index (χ0n) is 9.29. The molecule has 0 aliphatic carbocycles. The third-order valence-electron chi connectivity index (χ3n) is 2.54. The molecule has 0 bridgehead atoms. The van der Waals surface area contributed by atoms with Crippen LogP contribution in [-0.2, 0) is 6.42 Å². The van der Waals surface area contributed by atoms with Gasteiger partial charge in [0.15, 0.2) is 5.78 Å². The van der Waals surface area contributed by atoms with Gasteiger partial charge in [0.05, 0.1) is 0 Å². The number of ketones is 1. The highest BCUT2D eigenvalue weighted by atomic mass is 79.9. The standard InChI is InChI=1S/C14H9Br2FO/c15-12-4-2-1-3-9(12)7-14(18)11-6-5-10(17)8-13(11)16/h1-6,8H,7H2. The highest BCUT2D eigenvalue weighted by Crippen LogP contribution is 2.22. The fraction of sp³-hybridized carbons (Fsp3) is 0.0714. The quantitative estimate of drug-likeness (QED) is 0.710.